The molecule has 4 heteroatoms. The van der Waals surface area contributed by atoms with Crippen molar-refractivity contribution in [2.45, 2.75) is 38.5 Å². The maximum Gasteiger partial charge on any atom is 0.243 e. The zero-order valence-electron chi connectivity index (χ0n) is 9.59. The first-order chi connectivity index (χ1) is 6.45. The van der Waals surface area contributed by atoms with Crippen molar-refractivity contribution in [1.29, 1.82) is 0 Å². The van der Waals surface area contributed by atoms with E-state index >= 15 is 0 Å². The van der Waals surface area contributed by atoms with Gasteiger partial charge in [0.1, 0.15) is 0 Å². The van der Waals surface area contributed by atoms with Crippen molar-refractivity contribution in [2.24, 2.45) is 0 Å². The van der Waals surface area contributed by atoms with Gasteiger partial charge in [0.25, 0.3) is 0 Å². The second-order valence-electron chi connectivity index (χ2n) is 4.50. The van der Waals surface area contributed by atoms with Crippen LogP contribution in [0.15, 0.2) is 12.2 Å². The largest absolute Gasteiger partial charge is 0.277 e. The lowest BCUT2D eigenvalue weighted by molar-refractivity contribution is -0.131. The minimum atomic E-state index is -0.962. The number of hydrogen-bond acceptors (Lipinski definition) is 2. The third kappa shape index (κ3) is 9.47. The van der Waals surface area contributed by atoms with E-state index in [1.807, 2.05) is 0 Å². The number of amides is 1. The van der Waals surface area contributed by atoms with Gasteiger partial charge in [0.2, 0.25) is 5.91 Å². The summed E-state index contributed by atoms with van der Waals surface area (Å²) < 4.78 is 0. The summed E-state index contributed by atoms with van der Waals surface area (Å²) in [5, 5.41) is 0. The van der Waals surface area contributed by atoms with E-state index < -0.39 is 8.07 Å². The quantitative estimate of drug-likeness (QED) is 0.419. The molecule has 0 saturated carbocycles. The van der Waals surface area contributed by atoms with Gasteiger partial charge in [-0.3, -0.25) is 9.63 Å². The van der Waals surface area contributed by atoms with Gasteiger partial charge in [-0.1, -0.05) is 31.8 Å². The number of nitrogens with one attached hydrogen (secondary N) is 1. The van der Waals surface area contributed by atoms with Crippen LogP contribution in [-0.4, -0.2) is 21.1 Å². The van der Waals surface area contributed by atoms with Crippen LogP contribution in [0.5, 0.6) is 0 Å². The molecule has 1 N–H and O–H groups in total. The maximum atomic E-state index is 10.9. The van der Waals surface area contributed by atoms with E-state index in [4.69, 9.17) is 0 Å². The zero-order chi connectivity index (χ0) is 11.0. The molecule has 0 spiro atoms. The Balaban J connectivity index is 3.49. The molecule has 0 radical (unpaired) electrons. The third-order valence-electron chi connectivity index (χ3n) is 1.65. The Kier molecular flexibility index (Phi) is 6.49. The van der Waals surface area contributed by atoms with Crippen LogP contribution in [-0.2, 0) is 9.63 Å². The van der Waals surface area contributed by atoms with Crippen LogP contribution in [0, 0.1) is 0 Å². The number of carbonyl (C=O) groups is 1. The first-order valence-electron chi connectivity index (χ1n) is 4.92. The molecule has 0 aliphatic heterocycles. The maximum absolute atomic E-state index is 10.9. The fourth-order valence-electron chi connectivity index (χ4n) is 0.934. The lowest BCUT2D eigenvalue weighted by Gasteiger charge is -2.11. The molecule has 0 heterocycles. The molecular formula is C10H21NO2Si. The van der Waals surface area contributed by atoms with Crippen molar-refractivity contribution in [2.75, 3.05) is 7.11 Å². The summed E-state index contributed by atoms with van der Waals surface area (Å²) in [6, 6.07) is 1.18. The molecule has 0 atom stereocenters. The number of carbonyl (C=O) groups excluding carboxylic acids is 1. The molecule has 0 aliphatic rings. The molecule has 82 valence electrons. The predicted molar refractivity (Wildman–Crippen MR) is 61.7 cm³/mol. The fraction of sp³-hybridized carbons (Fsp3) is 0.700. The monoisotopic (exact) mass is 215 g/mol. The molecule has 1 amide bonds. The highest BCUT2D eigenvalue weighted by Gasteiger charge is 2.09. The van der Waals surface area contributed by atoms with Crippen LogP contribution in [0.25, 0.3) is 0 Å². The Morgan fingerprint density at radius 2 is 2.00 bits per heavy atom. The van der Waals surface area contributed by atoms with Gasteiger partial charge in [0.05, 0.1) is 7.11 Å². The molecule has 0 aromatic carbocycles. The first-order valence-corrected chi connectivity index (χ1v) is 8.63. The Labute approximate surface area is 87.5 Å². The SMILES string of the molecule is CONC(=O)CC/C=C/C[Si](C)(C)C. The summed E-state index contributed by atoms with van der Waals surface area (Å²) in [5.41, 5.74) is 2.29. The zero-order valence-corrected chi connectivity index (χ0v) is 10.6. The molecule has 0 aliphatic carbocycles. The standard InChI is InChI=1S/C10H21NO2Si/c1-13-11-10(12)8-6-5-7-9-14(2,3)4/h5,7H,6,8-9H2,1-4H3,(H,11,12)/b7-5+. The van der Waals surface area contributed by atoms with Crippen molar-refractivity contribution in [3.63, 3.8) is 0 Å². The lowest BCUT2D eigenvalue weighted by Crippen LogP contribution is -2.21. The molecule has 0 aromatic rings. The van der Waals surface area contributed by atoms with E-state index in [9.17, 15) is 4.79 Å². The number of hydrogen-bond donors (Lipinski definition) is 1. The Bertz CT molecular complexity index is 197. The van der Waals surface area contributed by atoms with E-state index in [0.717, 1.165) is 6.42 Å². The number of hydroxylamine groups is 1. The number of rotatable bonds is 6. The van der Waals surface area contributed by atoms with Gasteiger partial charge in [-0.15, -0.1) is 0 Å². The Morgan fingerprint density at radius 3 is 2.50 bits per heavy atom. The average Bonchev–Trinajstić information content (AvgIpc) is 2.02. The highest BCUT2D eigenvalue weighted by molar-refractivity contribution is 6.76. The summed E-state index contributed by atoms with van der Waals surface area (Å²) in [6.45, 7) is 6.99. The summed E-state index contributed by atoms with van der Waals surface area (Å²) >= 11 is 0. The summed E-state index contributed by atoms with van der Waals surface area (Å²) in [7, 11) is 0.482. The predicted octanol–water partition coefficient (Wildman–Crippen LogP) is 2.34. The van der Waals surface area contributed by atoms with Gasteiger partial charge >= 0.3 is 0 Å². The molecular weight excluding hydrogens is 194 g/mol. The van der Waals surface area contributed by atoms with Gasteiger partial charge < -0.3 is 0 Å². The fourth-order valence-corrected chi connectivity index (χ4v) is 1.81. The number of allylic oxidation sites excluding steroid dienone is 2. The third-order valence-corrected chi connectivity index (χ3v) is 3.11. The van der Waals surface area contributed by atoms with Crippen LogP contribution < -0.4 is 5.48 Å². The molecule has 0 saturated heterocycles. The van der Waals surface area contributed by atoms with E-state index in [-0.39, 0.29) is 5.91 Å². The van der Waals surface area contributed by atoms with E-state index in [2.05, 4.69) is 42.1 Å². The van der Waals surface area contributed by atoms with Crippen molar-refractivity contribution in [1.82, 2.24) is 5.48 Å². The average molecular weight is 215 g/mol. The van der Waals surface area contributed by atoms with Gasteiger partial charge in [-0.2, -0.15) is 0 Å². The van der Waals surface area contributed by atoms with Crippen LogP contribution >= 0.6 is 0 Å². The highest BCUT2D eigenvalue weighted by Crippen LogP contribution is 2.08. The molecule has 3 nitrogen and oxygen atoms in total. The minimum absolute atomic E-state index is 0.0647. The second-order valence-corrected chi connectivity index (χ2v) is 10.0. The van der Waals surface area contributed by atoms with Gasteiger partial charge in [-0.25, -0.2) is 5.48 Å². The minimum Gasteiger partial charge on any atom is -0.277 e. The van der Waals surface area contributed by atoms with Crippen molar-refractivity contribution in [3.05, 3.63) is 12.2 Å². The van der Waals surface area contributed by atoms with E-state index in [1.54, 1.807) is 0 Å². The molecule has 0 aromatic heterocycles. The van der Waals surface area contributed by atoms with Crippen molar-refractivity contribution in [3.8, 4) is 0 Å². The second kappa shape index (κ2) is 6.78. The highest BCUT2D eigenvalue weighted by atomic mass is 28.3. The van der Waals surface area contributed by atoms with Gasteiger partial charge in [0, 0.05) is 14.5 Å². The van der Waals surface area contributed by atoms with Gasteiger partial charge in [0.15, 0.2) is 0 Å². The van der Waals surface area contributed by atoms with E-state index in [0.29, 0.717) is 6.42 Å². The normalized spacial score (nSPS) is 12.0. The summed E-state index contributed by atoms with van der Waals surface area (Å²) in [4.78, 5) is 15.4. The van der Waals surface area contributed by atoms with Crippen LogP contribution in [0.1, 0.15) is 12.8 Å². The molecule has 0 fully saturated rings. The topological polar surface area (TPSA) is 38.3 Å². The van der Waals surface area contributed by atoms with Crippen LogP contribution in [0.2, 0.25) is 25.7 Å². The molecule has 0 unspecified atom stereocenters. The van der Waals surface area contributed by atoms with Crippen LogP contribution in [0.4, 0.5) is 0 Å². The molecule has 0 bridgehead atoms. The summed E-state index contributed by atoms with van der Waals surface area (Å²) in [6.07, 6.45) is 5.55. The smallest absolute Gasteiger partial charge is 0.243 e. The molecule has 14 heavy (non-hydrogen) atoms. The van der Waals surface area contributed by atoms with Crippen molar-refractivity contribution < 1.29 is 9.63 Å². The summed E-state index contributed by atoms with van der Waals surface area (Å²) in [5.74, 6) is -0.0647. The Morgan fingerprint density at radius 1 is 1.36 bits per heavy atom. The van der Waals surface area contributed by atoms with Crippen LogP contribution in [0.3, 0.4) is 0 Å². The Hall–Kier alpha value is -0.613. The lowest BCUT2D eigenvalue weighted by atomic mass is 10.3. The van der Waals surface area contributed by atoms with Gasteiger partial charge in [-0.05, 0) is 12.5 Å². The molecule has 0 rings (SSSR count). The van der Waals surface area contributed by atoms with Crippen molar-refractivity contribution >= 4 is 14.0 Å². The first kappa shape index (κ1) is 13.4. The van der Waals surface area contributed by atoms with E-state index in [1.165, 1.54) is 13.2 Å².